The maximum Gasteiger partial charge on any atom is 0.246 e. The van der Waals surface area contributed by atoms with E-state index >= 15 is 0 Å². The summed E-state index contributed by atoms with van der Waals surface area (Å²) in [6.45, 7) is 12.7. The molecule has 0 bridgehead atoms. The number of aromatic amines is 2. The maximum atomic E-state index is 13.7. The van der Waals surface area contributed by atoms with E-state index in [9.17, 15) is 19.2 Å². The topological polar surface area (TPSA) is 156 Å². The van der Waals surface area contributed by atoms with E-state index in [1.807, 2.05) is 49.6 Å². The van der Waals surface area contributed by atoms with Gasteiger partial charge in [-0.15, -0.1) is 0 Å². The number of rotatable bonds is 12. The molecule has 60 heavy (non-hydrogen) atoms. The van der Waals surface area contributed by atoms with Crippen LogP contribution in [0.15, 0.2) is 60.7 Å². The molecule has 326 valence electrons. The number of amides is 4. The van der Waals surface area contributed by atoms with Gasteiger partial charge in [0, 0.05) is 25.9 Å². The van der Waals surface area contributed by atoms with Crippen LogP contribution < -0.4 is 10.6 Å². The number of aromatic nitrogens is 4. The molecule has 2 aliphatic heterocycles. The minimum absolute atomic E-state index is 0. The fourth-order valence-electron chi connectivity index (χ4n) is 8.15. The molecular formula is C44H62N8O4S4. The summed E-state index contributed by atoms with van der Waals surface area (Å²) in [6, 6.07) is 19.4. The average molecular weight is 895 g/mol. The van der Waals surface area contributed by atoms with Crippen LogP contribution in [0, 0.1) is 11.8 Å². The molecule has 2 fully saturated rings. The van der Waals surface area contributed by atoms with Gasteiger partial charge < -0.3 is 30.4 Å². The number of carbonyl (C=O) groups is 4. The van der Waals surface area contributed by atoms with E-state index in [1.54, 1.807) is 13.8 Å². The number of hydrogen-bond donors (Lipinski definition) is 4. The van der Waals surface area contributed by atoms with Gasteiger partial charge in [-0.3, -0.25) is 19.2 Å². The lowest BCUT2D eigenvalue weighted by molar-refractivity contribution is -0.138. The molecule has 12 nitrogen and oxygen atoms in total. The predicted octanol–water partition coefficient (Wildman–Crippen LogP) is 7.65. The van der Waals surface area contributed by atoms with Crippen LogP contribution in [0.1, 0.15) is 104 Å². The second-order valence-electron chi connectivity index (χ2n) is 16.0. The zero-order valence-electron chi connectivity index (χ0n) is 35.3. The Hall–Kier alpha value is -4.12. The minimum atomic E-state index is -0.564. The highest BCUT2D eigenvalue weighted by Crippen LogP contribution is 2.36. The van der Waals surface area contributed by atoms with Crippen molar-refractivity contribution in [1.29, 1.82) is 0 Å². The molecule has 2 aliphatic rings. The number of H-pyrrole nitrogens is 2. The van der Waals surface area contributed by atoms with E-state index in [-0.39, 0.29) is 102 Å². The van der Waals surface area contributed by atoms with Gasteiger partial charge in [-0.2, -0.15) is 54.0 Å². The van der Waals surface area contributed by atoms with E-state index < -0.39 is 12.1 Å². The molecule has 5 aromatic rings. The Balaban J connectivity index is 0.00000240. The van der Waals surface area contributed by atoms with E-state index in [0.29, 0.717) is 25.9 Å². The standard InChI is InChI=1S/C44H54N8O4.4H2S/c1-7-37(53)49-39(25(3)4)43(55)51-21-9-11-35(51)41-45-31-19-17-29(23-33(31)47-41)27-13-15-28(16-14-27)30-18-20-32-34(24-30)48-42(46-32)36-12-10-22-52(36)44(56)40(26(5)6)50-38(54)8-2;;;;/h13-20,23-26,35-36,39-40H,7-12,21-22H2,1-6H3,(H,45,47)(H,46,48)(H,49,53)(H,50,54);4*1H2/t35-,36-,39-,40-;;;;/m0..../s1. The summed E-state index contributed by atoms with van der Waals surface area (Å²) < 4.78 is 0. The van der Waals surface area contributed by atoms with Crippen molar-refractivity contribution in [2.75, 3.05) is 13.1 Å². The first kappa shape index (κ1) is 50.2. The van der Waals surface area contributed by atoms with Crippen molar-refractivity contribution in [1.82, 2.24) is 40.4 Å². The molecule has 0 unspecified atom stereocenters. The lowest BCUT2D eigenvalue weighted by Crippen LogP contribution is -2.51. The number of imidazole rings is 2. The highest BCUT2D eigenvalue weighted by Gasteiger charge is 2.38. The van der Waals surface area contributed by atoms with Crippen molar-refractivity contribution in [3.63, 3.8) is 0 Å². The molecule has 4 heterocycles. The van der Waals surface area contributed by atoms with Crippen molar-refractivity contribution >= 4 is 99.7 Å². The van der Waals surface area contributed by atoms with Gasteiger partial charge in [-0.25, -0.2) is 9.97 Å². The second kappa shape index (κ2) is 21.6. The number of hydrogen-bond acceptors (Lipinski definition) is 6. The Morgan fingerprint density at radius 3 is 1.28 bits per heavy atom. The zero-order valence-corrected chi connectivity index (χ0v) is 39.3. The Morgan fingerprint density at radius 2 is 0.950 bits per heavy atom. The van der Waals surface area contributed by atoms with E-state index in [0.717, 1.165) is 81.7 Å². The van der Waals surface area contributed by atoms with Crippen LogP contribution in [0.5, 0.6) is 0 Å². The van der Waals surface area contributed by atoms with E-state index in [4.69, 9.17) is 9.97 Å². The molecule has 2 aromatic heterocycles. The van der Waals surface area contributed by atoms with Gasteiger partial charge in [-0.05, 0) is 84.0 Å². The number of benzene rings is 3. The summed E-state index contributed by atoms with van der Waals surface area (Å²) in [5.41, 5.74) is 7.77. The van der Waals surface area contributed by atoms with Gasteiger partial charge in [0.25, 0.3) is 0 Å². The van der Waals surface area contributed by atoms with E-state index in [2.05, 4.69) is 69.1 Å². The number of carbonyl (C=O) groups excluding carboxylic acids is 4. The van der Waals surface area contributed by atoms with Crippen molar-refractivity contribution in [3.8, 4) is 22.3 Å². The SMILES string of the molecule is CCC(=O)N[C@H](C(=O)N1CCC[C@H]1c1nc2ccc(-c3ccc(-c4ccc5nc([C@@H]6CCCN6C(=O)[C@@H](NC(=O)CC)C(C)C)[nH]c5c4)cc3)cc2[nH]1)C(C)C.S.S.S.S. The molecule has 4 atom stereocenters. The third kappa shape index (κ3) is 10.5. The first-order valence-electron chi connectivity index (χ1n) is 20.3. The van der Waals surface area contributed by atoms with Gasteiger partial charge >= 0.3 is 0 Å². The summed E-state index contributed by atoms with van der Waals surface area (Å²) in [7, 11) is 0. The molecule has 16 heteroatoms. The van der Waals surface area contributed by atoms with Crippen LogP contribution >= 0.6 is 54.0 Å². The molecule has 2 saturated heterocycles. The molecule has 0 radical (unpaired) electrons. The van der Waals surface area contributed by atoms with E-state index in [1.165, 1.54) is 0 Å². The lowest BCUT2D eigenvalue weighted by atomic mass is 10.00. The van der Waals surface area contributed by atoms with Crippen LogP contribution in [-0.4, -0.2) is 78.5 Å². The highest BCUT2D eigenvalue weighted by atomic mass is 32.1. The van der Waals surface area contributed by atoms with Crippen molar-refractivity contribution in [2.45, 2.75) is 104 Å². The summed E-state index contributed by atoms with van der Waals surface area (Å²) in [5.74, 6) is 1.14. The molecule has 0 saturated carbocycles. The summed E-state index contributed by atoms with van der Waals surface area (Å²) in [5, 5.41) is 5.86. The van der Waals surface area contributed by atoms with Crippen molar-refractivity contribution < 1.29 is 19.2 Å². The smallest absolute Gasteiger partial charge is 0.246 e. The van der Waals surface area contributed by atoms with Crippen LogP contribution in [0.3, 0.4) is 0 Å². The first-order chi connectivity index (χ1) is 26.9. The molecule has 4 amide bonds. The molecule has 7 rings (SSSR count). The Bertz CT molecular complexity index is 2100. The van der Waals surface area contributed by atoms with Gasteiger partial charge in [0.2, 0.25) is 23.6 Å². The average Bonchev–Trinajstić information content (AvgIpc) is 4.03. The summed E-state index contributed by atoms with van der Waals surface area (Å²) in [6.07, 6.45) is 4.07. The lowest BCUT2D eigenvalue weighted by Gasteiger charge is -2.30. The van der Waals surface area contributed by atoms with Gasteiger partial charge in [0.15, 0.2) is 0 Å². The van der Waals surface area contributed by atoms with Crippen LogP contribution in [0.4, 0.5) is 0 Å². The maximum absolute atomic E-state index is 13.7. The highest BCUT2D eigenvalue weighted by molar-refractivity contribution is 7.59. The van der Waals surface area contributed by atoms with Crippen LogP contribution in [-0.2, 0) is 19.2 Å². The largest absolute Gasteiger partial charge is 0.344 e. The second-order valence-corrected chi connectivity index (χ2v) is 16.0. The number of nitrogens with zero attached hydrogens (tertiary/aromatic N) is 4. The third-order valence-corrected chi connectivity index (χ3v) is 11.4. The van der Waals surface area contributed by atoms with Gasteiger partial charge in [0.05, 0.1) is 34.2 Å². The number of nitrogens with one attached hydrogen (secondary N) is 4. The fraction of sp³-hybridized carbons (Fsp3) is 0.455. The third-order valence-electron chi connectivity index (χ3n) is 11.4. The predicted molar refractivity (Wildman–Crippen MR) is 260 cm³/mol. The fourth-order valence-corrected chi connectivity index (χ4v) is 8.15. The number of fused-ring (bicyclic) bond motifs is 2. The van der Waals surface area contributed by atoms with Crippen LogP contribution in [0.2, 0.25) is 0 Å². The molecule has 3 aromatic carbocycles. The van der Waals surface area contributed by atoms with Crippen LogP contribution in [0.25, 0.3) is 44.3 Å². The number of likely N-dealkylation sites (tertiary alicyclic amines) is 2. The molecule has 0 spiro atoms. The van der Waals surface area contributed by atoms with Crippen molar-refractivity contribution in [3.05, 3.63) is 72.3 Å². The Kier molecular flexibility index (Phi) is 18.1. The monoisotopic (exact) mass is 894 g/mol. The molecular weight excluding hydrogens is 833 g/mol. The Morgan fingerprint density at radius 1 is 0.600 bits per heavy atom. The minimum Gasteiger partial charge on any atom is -0.344 e. The van der Waals surface area contributed by atoms with Crippen molar-refractivity contribution in [2.24, 2.45) is 11.8 Å². The summed E-state index contributed by atoms with van der Waals surface area (Å²) in [4.78, 5) is 72.4. The van der Waals surface area contributed by atoms with Gasteiger partial charge in [0.1, 0.15) is 23.7 Å². The zero-order chi connectivity index (χ0) is 39.7. The summed E-state index contributed by atoms with van der Waals surface area (Å²) >= 11 is 0. The molecule has 4 N–H and O–H groups in total. The quantitative estimate of drug-likeness (QED) is 0.101. The Labute approximate surface area is 381 Å². The molecule has 0 aliphatic carbocycles. The van der Waals surface area contributed by atoms with Gasteiger partial charge in [-0.1, -0.05) is 77.9 Å². The first-order valence-corrected chi connectivity index (χ1v) is 20.3. The normalized spacial score (nSPS) is 17.1.